The predicted octanol–water partition coefficient (Wildman–Crippen LogP) is 1.79. The number of aromatic nitrogens is 1. The number of benzene rings is 1. The average Bonchev–Trinajstić information content (AvgIpc) is 2.78. The Balaban J connectivity index is 1.39. The lowest BCUT2D eigenvalue weighted by Gasteiger charge is -2.35. The lowest BCUT2D eigenvalue weighted by Crippen LogP contribution is -2.48. The van der Waals surface area contributed by atoms with Crippen LogP contribution in [0.2, 0.25) is 5.02 Å². The van der Waals surface area contributed by atoms with Crippen molar-refractivity contribution in [1.29, 1.82) is 0 Å². The van der Waals surface area contributed by atoms with Gasteiger partial charge in [-0.3, -0.25) is 10.2 Å². The van der Waals surface area contributed by atoms with Crippen molar-refractivity contribution in [3.05, 3.63) is 47.6 Å². The van der Waals surface area contributed by atoms with Gasteiger partial charge in [0.15, 0.2) is 0 Å². The number of likely N-dealkylation sites (N-methyl/N-ethyl adjacent to an activating group) is 1. The largest absolute Gasteiger partial charge is 0.445 e. The molecular weight excluding hydrogens is 406 g/mol. The van der Waals surface area contributed by atoms with Crippen LogP contribution < -0.4 is 15.5 Å². The molecular formula is C21H28ClN5O3. The summed E-state index contributed by atoms with van der Waals surface area (Å²) in [5, 5.41) is 15.3. The van der Waals surface area contributed by atoms with Crippen LogP contribution in [0.15, 0.2) is 42.6 Å². The number of aliphatic hydroxyl groups excluding tert-OH is 1. The number of alkyl carbamates (subject to hydrolysis) is 1. The zero-order valence-corrected chi connectivity index (χ0v) is 17.8. The highest BCUT2D eigenvalue weighted by Crippen LogP contribution is 2.24. The molecule has 2 heterocycles. The maximum absolute atomic E-state index is 11.6. The van der Waals surface area contributed by atoms with E-state index in [2.05, 4.69) is 31.5 Å². The van der Waals surface area contributed by atoms with E-state index in [4.69, 9.17) is 16.3 Å². The van der Waals surface area contributed by atoms with Gasteiger partial charge in [-0.1, -0.05) is 23.7 Å². The molecule has 8 nitrogen and oxygen atoms in total. The molecule has 30 heavy (non-hydrogen) atoms. The predicted molar refractivity (Wildman–Crippen MR) is 118 cm³/mol. The highest BCUT2D eigenvalue weighted by molar-refractivity contribution is 6.30. The molecule has 1 fully saturated rings. The first kappa shape index (κ1) is 22.3. The lowest BCUT2D eigenvalue weighted by atomic mass is 10.1. The Morgan fingerprint density at radius 3 is 2.70 bits per heavy atom. The Kier molecular flexibility index (Phi) is 8.27. The van der Waals surface area contributed by atoms with Crippen LogP contribution >= 0.6 is 11.6 Å². The number of aliphatic hydroxyl groups is 1. The fourth-order valence-electron chi connectivity index (χ4n) is 3.22. The van der Waals surface area contributed by atoms with Crippen LogP contribution in [0.5, 0.6) is 0 Å². The number of amides is 1. The maximum Gasteiger partial charge on any atom is 0.407 e. The van der Waals surface area contributed by atoms with Crippen LogP contribution in [-0.4, -0.2) is 80.2 Å². The molecule has 9 heteroatoms. The molecule has 1 atom stereocenters. The van der Waals surface area contributed by atoms with Gasteiger partial charge in [0.05, 0.1) is 0 Å². The number of carbonyl (C=O) groups is 1. The smallest absolute Gasteiger partial charge is 0.407 e. The van der Waals surface area contributed by atoms with Crippen LogP contribution in [0, 0.1) is 0 Å². The minimum absolute atomic E-state index is 0.0793. The third-order valence-corrected chi connectivity index (χ3v) is 5.24. The summed E-state index contributed by atoms with van der Waals surface area (Å²) in [6, 6.07) is 11.9. The third kappa shape index (κ3) is 6.56. The van der Waals surface area contributed by atoms with Gasteiger partial charge in [0.25, 0.3) is 0 Å². The number of hydrogen-bond acceptors (Lipinski definition) is 7. The number of halogens is 1. The lowest BCUT2D eigenvalue weighted by molar-refractivity contribution is 0.0532. The summed E-state index contributed by atoms with van der Waals surface area (Å²) in [7, 11) is 1.59. The molecule has 1 unspecified atom stereocenters. The quantitative estimate of drug-likeness (QED) is 0.547. The number of nitrogens with zero attached hydrogens (tertiary/aromatic N) is 3. The Hall–Kier alpha value is -2.39. The standard InChI is InChI=1S/C21H28ClN5O3/c1-23-20(28)15-30-21(29)24-7-8-26-9-11-27(12-10-26)19-6-5-17(14-25-19)16-3-2-4-18(22)13-16/h2-6,13-14,20,23,28H,7-12,15H2,1H3,(H,24,29). The van der Waals surface area contributed by atoms with E-state index in [0.29, 0.717) is 11.6 Å². The van der Waals surface area contributed by atoms with Gasteiger partial charge >= 0.3 is 6.09 Å². The van der Waals surface area contributed by atoms with E-state index in [1.165, 1.54) is 0 Å². The summed E-state index contributed by atoms with van der Waals surface area (Å²) in [5.41, 5.74) is 2.10. The van der Waals surface area contributed by atoms with Gasteiger partial charge in [0.2, 0.25) is 0 Å². The zero-order valence-electron chi connectivity index (χ0n) is 17.1. The average molecular weight is 434 g/mol. The number of pyridine rings is 1. The van der Waals surface area contributed by atoms with Gasteiger partial charge < -0.3 is 20.1 Å². The van der Waals surface area contributed by atoms with Crippen molar-refractivity contribution in [3.63, 3.8) is 0 Å². The van der Waals surface area contributed by atoms with Gasteiger partial charge in [-0.25, -0.2) is 9.78 Å². The van der Waals surface area contributed by atoms with E-state index < -0.39 is 12.3 Å². The van der Waals surface area contributed by atoms with Crippen LogP contribution in [0.3, 0.4) is 0 Å². The SMILES string of the molecule is CNC(O)COC(=O)NCCN1CCN(c2ccc(-c3cccc(Cl)c3)cn2)CC1. The van der Waals surface area contributed by atoms with Gasteiger partial charge in [-0.15, -0.1) is 0 Å². The molecule has 1 aliphatic rings. The van der Waals surface area contributed by atoms with Crippen molar-refractivity contribution < 1.29 is 14.6 Å². The second-order valence-electron chi connectivity index (χ2n) is 7.07. The molecule has 3 rings (SSSR count). The number of piperazine rings is 1. The van der Waals surface area contributed by atoms with E-state index in [1.54, 1.807) is 7.05 Å². The minimum Gasteiger partial charge on any atom is -0.445 e. The van der Waals surface area contributed by atoms with Crippen LogP contribution in [-0.2, 0) is 4.74 Å². The van der Waals surface area contributed by atoms with Crippen molar-refractivity contribution in [3.8, 4) is 11.1 Å². The molecule has 0 spiro atoms. The minimum atomic E-state index is -0.850. The second-order valence-corrected chi connectivity index (χ2v) is 7.51. The van der Waals surface area contributed by atoms with Crippen molar-refractivity contribution in [2.24, 2.45) is 0 Å². The van der Waals surface area contributed by atoms with E-state index in [0.717, 1.165) is 49.7 Å². The second kappa shape index (κ2) is 11.1. The van der Waals surface area contributed by atoms with Crippen molar-refractivity contribution >= 4 is 23.5 Å². The van der Waals surface area contributed by atoms with E-state index in [-0.39, 0.29) is 6.61 Å². The third-order valence-electron chi connectivity index (χ3n) is 5.00. The molecule has 1 aliphatic heterocycles. The molecule has 1 amide bonds. The number of hydrogen-bond donors (Lipinski definition) is 3. The Morgan fingerprint density at radius 2 is 2.03 bits per heavy atom. The maximum atomic E-state index is 11.6. The molecule has 1 saturated heterocycles. The van der Waals surface area contributed by atoms with Gasteiger partial charge in [-0.05, 0) is 36.9 Å². The molecule has 2 aromatic rings. The Morgan fingerprint density at radius 1 is 1.23 bits per heavy atom. The van der Waals surface area contributed by atoms with Gasteiger partial charge in [0, 0.05) is 56.1 Å². The number of carbonyl (C=O) groups excluding carboxylic acids is 1. The monoisotopic (exact) mass is 433 g/mol. The van der Waals surface area contributed by atoms with Crippen molar-refractivity contribution in [2.75, 3.05) is 57.8 Å². The molecule has 0 bridgehead atoms. The molecule has 0 radical (unpaired) electrons. The number of anilines is 1. The Bertz CT molecular complexity index is 813. The van der Waals surface area contributed by atoms with Crippen LogP contribution in [0.1, 0.15) is 0 Å². The van der Waals surface area contributed by atoms with E-state index in [1.807, 2.05) is 36.5 Å². The summed E-state index contributed by atoms with van der Waals surface area (Å²) >= 11 is 6.07. The summed E-state index contributed by atoms with van der Waals surface area (Å²) in [4.78, 5) is 20.8. The van der Waals surface area contributed by atoms with E-state index in [9.17, 15) is 9.90 Å². The van der Waals surface area contributed by atoms with Crippen LogP contribution in [0.4, 0.5) is 10.6 Å². The molecule has 3 N–H and O–H groups in total. The Labute approximate surface area is 181 Å². The topological polar surface area (TPSA) is 90.0 Å². The van der Waals surface area contributed by atoms with Gasteiger partial charge in [-0.2, -0.15) is 0 Å². The fraction of sp³-hybridized carbons (Fsp3) is 0.429. The summed E-state index contributed by atoms with van der Waals surface area (Å²) < 4.78 is 4.90. The molecule has 0 saturated carbocycles. The first-order valence-electron chi connectivity index (χ1n) is 10.0. The normalized spacial score (nSPS) is 15.6. The van der Waals surface area contributed by atoms with Crippen molar-refractivity contribution in [2.45, 2.75) is 6.23 Å². The molecule has 1 aromatic heterocycles. The number of nitrogens with one attached hydrogen (secondary N) is 2. The molecule has 162 valence electrons. The summed E-state index contributed by atoms with van der Waals surface area (Å²) in [5.74, 6) is 0.963. The molecule has 0 aliphatic carbocycles. The molecule has 1 aromatic carbocycles. The highest BCUT2D eigenvalue weighted by Gasteiger charge is 2.18. The number of ether oxygens (including phenoxy) is 1. The van der Waals surface area contributed by atoms with Crippen molar-refractivity contribution in [1.82, 2.24) is 20.5 Å². The first-order valence-corrected chi connectivity index (χ1v) is 10.4. The summed E-state index contributed by atoms with van der Waals surface area (Å²) in [6.07, 6.45) is 0.511. The zero-order chi connectivity index (χ0) is 21.3. The fourth-order valence-corrected chi connectivity index (χ4v) is 3.41. The number of rotatable bonds is 8. The first-order chi connectivity index (χ1) is 14.5. The van der Waals surface area contributed by atoms with Gasteiger partial charge in [0.1, 0.15) is 18.7 Å². The highest BCUT2D eigenvalue weighted by atomic mass is 35.5. The summed E-state index contributed by atoms with van der Waals surface area (Å²) in [6.45, 7) is 4.72. The van der Waals surface area contributed by atoms with E-state index >= 15 is 0 Å². The van der Waals surface area contributed by atoms with Crippen LogP contribution in [0.25, 0.3) is 11.1 Å².